The number of hydrogen-bond acceptors (Lipinski definition) is 6. The largest absolute Gasteiger partial charge is 0.493 e. The third kappa shape index (κ3) is 10.2. The predicted octanol–water partition coefficient (Wildman–Crippen LogP) is 8.98. The molecule has 1 aliphatic rings. The van der Waals surface area contributed by atoms with E-state index < -0.39 is 0 Å². The number of pyridine rings is 1. The van der Waals surface area contributed by atoms with Gasteiger partial charge in [-0.15, -0.1) is 0 Å². The minimum Gasteiger partial charge on any atom is -0.493 e. The van der Waals surface area contributed by atoms with Crippen molar-refractivity contribution in [1.29, 1.82) is 0 Å². The zero-order chi connectivity index (χ0) is 36.5. The molecule has 1 amide bonds. The number of halogens is 3. The van der Waals surface area contributed by atoms with Gasteiger partial charge >= 0.3 is 0 Å². The second-order valence-corrected chi connectivity index (χ2v) is 13.2. The number of carbonyl (C=O) groups excluding carboxylic acids is 1. The third-order valence-electron chi connectivity index (χ3n) is 8.81. The molecule has 0 radical (unpaired) electrons. The molecular formula is C42H40ClF2N3O4. The Balaban J connectivity index is 0.933. The molecule has 7 nitrogen and oxygen atoms in total. The number of ether oxygens (including phenoxy) is 3. The highest BCUT2D eigenvalue weighted by molar-refractivity contribution is 6.32. The van der Waals surface area contributed by atoms with Crippen LogP contribution in [0, 0.1) is 25.5 Å². The van der Waals surface area contributed by atoms with Crippen LogP contribution in [0.4, 0.5) is 8.78 Å². The van der Waals surface area contributed by atoms with E-state index in [0.29, 0.717) is 53.4 Å². The quantitative estimate of drug-likeness (QED) is 0.113. The van der Waals surface area contributed by atoms with Gasteiger partial charge in [0.2, 0.25) is 11.8 Å². The van der Waals surface area contributed by atoms with Gasteiger partial charge in [-0.3, -0.25) is 9.69 Å². The zero-order valence-electron chi connectivity index (χ0n) is 29.2. The fourth-order valence-corrected chi connectivity index (χ4v) is 6.09. The van der Waals surface area contributed by atoms with Crippen molar-refractivity contribution < 1.29 is 27.8 Å². The topological polar surface area (TPSA) is 64.1 Å². The van der Waals surface area contributed by atoms with Gasteiger partial charge in [0.05, 0.1) is 17.8 Å². The molecule has 0 N–H and O–H groups in total. The molecule has 10 heteroatoms. The Bertz CT molecular complexity index is 1970. The van der Waals surface area contributed by atoms with Crippen LogP contribution in [0.15, 0.2) is 103 Å². The molecule has 52 heavy (non-hydrogen) atoms. The first-order valence-corrected chi connectivity index (χ1v) is 17.5. The summed E-state index contributed by atoms with van der Waals surface area (Å²) in [6.07, 6.45) is 5.67. The number of benzene rings is 4. The van der Waals surface area contributed by atoms with Crippen LogP contribution in [-0.2, 0) is 24.4 Å². The third-order valence-corrected chi connectivity index (χ3v) is 9.09. The molecule has 0 atom stereocenters. The number of aromatic nitrogens is 1. The second kappa shape index (κ2) is 17.3. The first-order chi connectivity index (χ1) is 25.2. The van der Waals surface area contributed by atoms with Crippen molar-refractivity contribution in [3.8, 4) is 23.1 Å². The lowest BCUT2D eigenvalue weighted by Crippen LogP contribution is -2.47. The molecule has 268 valence electrons. The van der Waals surface area contributed by atoms with Crippen LogP contribution >= 0.6 is 11.6 Å². The number of nitrogens with zero attached hydrogens (tertiary/aromatic N) is 3. The zero-order valence-corrected chi connectivity index (χ0v) is 29.9. The Kier molecular flexibility index (Phi) is 12.2. The van der Waals surface area contributed by atoms with Crippen LogP contribution in [0.25, 0.3) is 6.08 Å². The highest BCUT2D eigenvalue weighted by Crippen LogP contribution is 2.34. The van der Waals surface area contributed by atoms with Gasteiger partial charge in [-0.05, 0) is 102 Å². The molecule has 1 fully saturated rings. The van der Waals surface area contributed by atoms with E-state index in [9.17, 15) is 13.6 Å². The van der Waals surface area contributed by atoms with Crippen LogP contribution in [0.3, 0.4) is 0 Å². The van der Waals surface area contributed by atoms with Crippen LogP contribution < -0.4 is 14.2 Å². The monoisotopic (exact) mass is 723 g/mol. The number of aryl methyl sites for hydroxylation is 2. The van der Waals surface area contributed by atoms with E-state index in [4.69, 9.17) is 25.8 Å². The summed E-state index contributed by atoms with van der Waals surface area (Å²) in [5, 5.41) is 0.399. The molecule has 6 rings (SSSR count). The van der Waals surface area contributed by atoms with Crippen molar-refractivity contribution in [2.75, 3.05) is 32.8 Å². The van der Waals surface area contributed by atoms with Gasteiger partial charge < -0.3 is 19.1 Å². The molecule has 2 heterocycles. The maximum Gasteiger partial charge on any atom is 0.246 e. The van der Waals surface area contributed by atoms with E-state index in [1.54, 1.807) is 61.7 Å². The Hall–Kier alpha value is -5.25. The Morgan fingerprint density at radius 1 is 0.808 bits per heavy atom. The van der Waals surface area contributed by atoms with Crippen LogP contribution in [0.1, 0.15) is 33.4 Å². The number of hydrogen-bond donors (Lipinski definition) is 0. The van der Waals surface area contributed by atoms with E-state index in [-0.39, 0.29) is 24.1 Å². The van der Waals surface area contributed by atoms with Gasteiger partial charge in [-0.25, -0.2) is 13.8 Å². The minimum absolute atomic E-state index is 0.0417. The molecule has 0 unspecified atom stereocenters. The summed E-state index contributed by atoms with van der Waals surface area (Å²) in [6, 6.07) is 26.6. The summed E-state index contributed by atoms with van der Waals surface area (Å²) < 4.78 is 44.3. The van der Waals surface area contributed by atoms with Gasteiger partial charge in [-0.1, -0.05) is 48.0 Å². The average Bonchev–Trinajstić information content (AvgIpc) is 3.15. The molecule has 4 aromatic carbocycles. The van der Waals surface area contributed by atoms with E-state index in [2.05, 4.69) is 34.1 Å². The predicted molar refractivity (Wildman–Crippen MR) is 199 cm³/mol. The normalized spacial score (nSPS) is 13.4. The number of carbonyl (C=O) groups is 1. The van der Waals surface area contributed by atoms with Gasteiger partial charge in [0, 0.05) is 51.3 Å². The van der Waals surface area contributed by atoms with Crippen LogP contribution in [0.5, 0.6) is 23.1 Å². The standard InChI is InChI=1S/C42H40ClF2N3O4/c1-29-3-4-34(25-39(29)45)28-51-37-14-15-40(46-26-37)52-42-30(2)23-33(24-38(42)43)9-16-41(49)48-20-18-47(19-21-48)27-32-7-5-31(6-8-32)17-22-50-36-12-10-35(44)11-13-36/h3-16,23-26H,17-22,27-28H2,1-2H3/b16-9+. The summed E-state index contributed by atoms with van der Waals surface area (Å²) in [7, 11) is 0. The van der Waals surface area contributed by atoms with Crippen molar-refractivity contribution >= 4 is 23.6 Å². The lowest BCUT2D eigenvalue weighted by Gasteiger charge is -2.34. The number of amides is 1. The van der Waals surface area contributed by atoms with E-state index >= 15 is 0 Å². The average molecular weight is 724 g/mol. The first kappa shape index (κ1) is 36.5. The molecule has 0 aliphatic carbocycles. The van der Waals surface area contributed by atoms with Gasteiger partial charge in [0.1, 0.15) is 29.7 Å². The van der Waals surface area contributed by atoms with Gasteiger partial charge in [0.15, 0.2) is 5.75 Å². The van der Waals surface area contributed by atoms with E-state index in [1.165, 1.54) is 29.3 Å². The fraction of sp³-hybridized carbons (Fsp3) is 0.238. The molecule has 0 spiro atoms. The van der Waals surface area contributed by atoms with Crippen molar-refractivity contribution in [3.05, 3.63) is 153 Å². The van der Waals surface area contributed by atoms with Crippen LogP contribution in [0.2, 0.25) is 5.02 Å². The summed E-state index contributed by atoms with van der Waals surface area (Å²) in [4.78, 5) is 21.6. The lowest BCUT2D eigenvalue weighted by molar-refractivity contribution is -0.127. The number of rotatable bonds is 13. The molecule has 0 saturated carbocycles. The van der Waals surface area contributed by atoms with Gasteiger partial charge in [0.25, 0.3) is 0 Å². The number of piperazine rings is 1. The summed E-state index contributed by atoms with van der Waals surface area (Å²) >= 11 is 6.60. The molecular weight excluding hydrogens is 684 g/mol. The Labute approximate surface area is 308 Å². The summed E-state index contributed by atoms with van der Waals surface area (Å²) in [6.45, 7) is 8.04. The molecule has 1 aliphatic heterocycles. The lowest BCUT2D eigenvalue weighted by atomic mass is 10.1. The minimum atomic E-state index is -0.277. The molecule has 1 aromatic heterocycles. The Morgan fingerprint density at radius 2 is 1.52 bits per heavy atom. The van der Waals surface area contributed by atoms with Crippen molar-refractivity contribution in [3.63, 3.8) is 0 Å². The smallest absolute Gasteiger partial charge is 0.246 e. The maximum atomic E-state index is 13.8. The van der Waals surface area contributed by atoms with E-state index in [1.807, 2.05) is 24.0 Å². The van der Waals surface area contributed by atoms with Crippen molar-refractivity contribution in [1.82, 2.24) is 14.8 Å². The van der Waals surface area contributed by atoms with Crippen molar-refractivity contribution in [2.24, 2.45) is 0 Å². The second-order valence-electron chi connectivity index (χ2n) is 12.8. The molecule has 5 aromatic rings. The fourth-order valence-electron chi connectivity index (χ4n) is 5.78. The molecule has 1 saturated heterocycles. The summed E-state index contributed by atoms with van der Waals surface area (Å²) in [5.74, 6) is 1.42. The Morgan fingerprint density at radius 3 is 2.21 bits per heavy atom. The van der Waals surface area contributed by atoms with Crippen molar-refractivity contribution in [2.45, 2.75) is 33.4 Å². The van der Waals surface area contributed by atoms with E-state index in [0.717, 1.165) is 42.7 Å². The maximum absolute atomic E-state index is 13.8. The summed E-state index contributed by atoms with van der Waals surface area (Å²) in [5.41, 5.74) is 5.29. The highest BCUT2D eigenvalue weighted by Gasteiger charge is 2.20. The van der Waals surface area contributed by atoms with Crippen LogP contribution in [-0.4, -0.2) is 53.5 Å². The first-order valence-electron chi connectivity index (χ1n) is 17.2. The SMILES string of the molecule is Cc1ccc(COc2ccc(Oc3c(C)cc(/C=C/C(=O)N4CCN(Cc5ccc(CCOc6ccc(F)cc6)cc5)CC4)cc3Cl)nc2)cc1F. The van der Waals surface area contributed by atoms with Gasteiger partial charge in [-0.2, -0.15) is 0 Å². The highest BCUT2D eigenvalue weighted by atomic mass is 35.5. The molecule has 0 bridgehead atoms.